The molecule has 0 radical (unpaired) electrons. The molecule has 0 spiro atoms. The number of rotatable bonds is 14. The topological polar surface area (TPSA) is 96.0 Å². The van der Waals surface area contributed by atoms with E-state index in [9.17, 15) is 18.0 Å². The van der Waals surface area contributed by atoms with E-state index >= 15 is 0 Å². The number of amides is 2. The molecule has 0 bridgehead atoms. The molecule has 0 fully saturated rings. The molecule has 11 heteroatoms. The van der Waals surface area contributed by atoms with Gasteiger partial charge in [0.2, 0.25) is 21.8 Å². The van der Waals surface area contributed by atoms with Crippen LogP contribution in [0.3, 0.4) is 0 Å². The lowest BCUT2D eigenvalue weighted by Crippen LogP contribution is -2.53. The molecular weight excluding hydrogens is 645 g/mol. The second kappa shape index (κ2) is 16.0. The third-order valence-corrected chi connectivity index (χ3v) is 8.82. The molecule has 0 aliphatic heterocycles. The lowest BCUT2D eigenvalue weighted by Gasteiger charge is -2.34. The zero-order chi connectivity index (χ0) is 33.3. The summed E-state index contributed by atoms with van der Waals surface area (Å²) < 4.78 is 33.1. The second-order valence-electron chi connectivity index (χ2n) is 11.3. The average molecular weight is 683 g/mol. The fourth-order valence-electron chi connectivity index (χ4n) is 4.73. The van der Waals surface area contributed by atoms with Gasteiger partial charge in [0, 0.05) is 29.6 Å². The van der Waals surface area contributed by atoms with Gasteiger partial charge >= 0.3 is 0 Å². The van der Waals surface area contributed by atoms with E-state index in [1.807, 2.05) is 62.4 Å². The lowest BCUT2D eigenvalue weighted by molar-refractivity contribution is -0.140. The van der Waals surface area contributed by atoms with Gasteiger partial charge in [-0.3, -0.25) is 13.9 Å². The number of benzene rings is 4. The predicted octanol–water partition coefficient (Wildman–Crippen LogP) is 6.96. The van der Waals surface area contributed by atoms with Gasteiger partial charge in [-0.1, -0.05) is 91.6 Å². The van der Waals surface area contributed by atoms with Crippen molar-refractivity contribution in [3.63, 3.8) is 0 Å². The van der Waals surface area contributed by atoms with E-state index in [0.29, 0.717) is 33.7 Å². The van der Waals surface area contributed by atoms with Crippen molar-refractivity contribution >= 4 is 50.7 Å². The first-order valence-electron chi connectivity index (χ1n) is 14.8. The Morgan fingerprint density at radius 2 is 1.46 bits per heavy atom. The number of carbonyl (C=O) groups excluding carboxylic acids is 2. The Bertz CT molecular complexity index is 1720. The van der Waals surface area contributed by atoms with Crippen molar-refractivity contribution in [1.29, 1.82) is 0 Å². The molecule has 0 saturated carbocycles. The Hall–Kier alpha value is -4.05. The first-order valence-corrected chi connectivity index (χ1v) is 17.4. The van der Waals surface area contributed by atoms with Crippen molar-refractivity contribution in [3.05, 3.63) is 124 Å². The van der Waals surface area contributed by atoms with E-state index in [2.05, 4.69) is 5.32 Å². The minimum absolute atomic E-state index is 0.0527. The molecule has 4 aromatic rings. The molecule has 4 rings (SSSR count). The summed E-state index contributed by atoms with van der Waals surface area (Å²) in [6.45, 7) is 3.75. The van der Waals surface area contributed by atoms with Crippen LogP contribution in [0.25, 0.3) is 0 Å². The van der Waals surface area contributed by atoms with Crippen LogP contribution >= 0.6 is 23.2 Å². The molecule has 2 amide bonds. The van der Waals surface area contributed by atoms with Crippen LogP contribution in [0.1, 0.15) is 25.0 Å². The first-order chi connectivity index (χ1) is 21.9. The van der Waals surface area contributed by atoms with Crippen LogP contribution in [0.5, 0.6) is 11.5 Å². The molecule has 4 aromatic carbocycles. The molecule has 1 N–H and O–H groups in total. The standard InChI is InChI=1S/C35H37Cl2N3O5S/c1-25(2)22-38-35(42)33(20-26-10-6-4-7-11-26)39(23-27-14-15-28(36)21-32(27)37)34(41)24-40(46(3,43)44)29-16-18-31(19-17-29)45-30-12-8-5-9-13-30/h4-19,21,25,33H,20,22-24H2,1-3H3,(H,38,42)/t33-/m0/s1. The van der Waals surface area contributed by atoms with Crippen LogP contribution in [0.15, 0.2) is 103 Å². The van der Waals surface area contributed by atoms with E-state index in [1.54, 1.807) is 54.6 Å². The van der Waals surface area contributed by atoms with Gasteiger partial charge in [0.1, 0.15) is 24.1 Å². The molecule has 46 heavy (non-hydrogen) atoms. The molecule has 0 aliphatic rings. The zero-order valence-corrected chi connectivity index (χ0v) is 28.2. The van der Waals surface area contributed by atoms with Crippen molar-refractivity contribution in [3.8, 4) is 11.5 Å². The van der Waals surface area contributed by atoms with Gasteiger partial charge in [-0.25, -0.2) is 8.42 Å². The van der Waals surface area contributed by atoms with E-state index in [0.717, 1.165) is 16.1 Å². The first kappa shape index (κ1) is 34.8. The second-order valence-corrected chi connectivity index (χ2v) is 14.0. The minimum atomic E-state index is -3.93. The molecule has 0 heterocycles. The maximum absolute atomic E-state index is 14.3. The van der Waals surface area contributed by atoms with E-state index in [4.69, 9.17) is 27.9 Å². The van der Waals surface area contributed by atoms with Crippen LogP contribution < -0.4 is 14.4 Å². The van der Waals surface area contributed by atoms with Crippen LogP contribution in [-0.2, 0) is 32.6 Å². The number of hydrogen-bond acceptors (Lipinski definition) is 5. The predicted molar refractivity (Wildman–Crippen MR) is 184 cm³/mol. The maximum Gasteiger partial charge on any atom is 0.244 e. The van der Waals surface area contributed by atoms with Gasteiger partial charge < -0.3 is 15.0 Å². The summed E-state index contributed by atoms with van der Waals surface area (Å²) >= 11 is 12.7. The zero-order valence-electron chi connectivity index (χ0n) is 25.9. The van der Waals surface area contributed by atoms with Gasteiger partial charge in [0.05, 0.1) is 11.9 Å². The fraction of sp³-hybridized carbons (Fsp3) is 0.257. The average Bonchev–Trinajstić information content (AvgIpc) is 3.02. The summed E-state index contributed by atoms with van der Waals surface area (Å²) in [5.41, 5.74) is 1.66. The molecule has 0 unspecified atom stereocenters. The highest BCUT2D eigenvalue weighted by Crippen LogP contribution is 2.27. The number of carbonyl (C=O) groups is 2. The SMILES string of the molecule is CC(C)CNC(=O)[C@H](Cc1ccccc1)N(Cc1ccc(Cl)cc1Cl)C(=O)CN(c1ccc(Oc2ccccc2)cc1)S(C)(=O)=O. The van der Waals surface area contributed by atoms with Gasteiger partial charge in [0.25, 0.3) is 0 Å². The highest BCUT2D eigenvalue weighted by atomic mass is 35.5. The number of anilines is 1. The van der Waals surface area contributed by atoms with E-state index in [-0.39, 0.29) is 30.5 Å². The maximum atomic E-state index is 14.3. The van der Waals surface area contributed by atoms with E-state index < -0.39 is 28.5 Å². The smallest absolute Gasteiger partial charge is 0.244 e. The van der Waals surface area contributed by atoms with Gasteiger partial charge in [-0.2, -0.15) is 0 Å². The summed E-state index contributed by atoms with van der Waals surface area (Å²) in [5.74, 6) is 0.359. The summed E-state index contributed by atoms with van der Waals surface area (Å²) in [6, 6.07) is 28.9. The summed E-state index contributed by atoms with van der Waals surface area (Å²) in [4.78, 5) is 29.4. The molecular formula is C35H37Cl2N3O5S. The lowest BCUT2D eigenvalue weighted by atomic mass is 10.0. The van der Waals surface area contributed by atoms with Crippen LogP contribution in [0.4, 0.5) is 5.69 Å². The number of ether oxygens (including phenoxy) is 1. The van der Waals surface area contributed by atoms with Crippen molar-refractivity contribution in [1.82, 2.24) is 10.2 Å². The molecule has 0 aliphatic carbocycles. The monoisotopic (exact) mass is 681 g/mol. The Morgan fingerprint density at radius 1 is 0.848 bits per heavy atom. The van der Waals surface area contributed by atoms with Gasteiger partial charge in [0.15, 0.2) is 0 Å². The number of hydrogen-bond donors (Lipinski definition) is 1. The molecule has 0 saturated heterocycles. The van der Waals surface area contributed by atoms with Crippen molar-refractivity contribution < 1.29 is 22.7 Å². The normalized spacial score (nSPS) is 12.0. The van der Waals surface area contributed by atoms with Crippen molar-refractivity contribution in [2.75, 3.05) is 23.7 Å². The van der Waals surface area contributed by atoms with Crippen molar-refractivity contribution in [2.24, 2.45) is 5.92 Å². The third kappa shape index (κ3) is 9.97. The van der Waals surface area contributed by atoms with Crippen LogP contribution in [0, 0.1) is 5.92 Å². The Balaban J connectivity index is 1.69. The summed E-state index contributed by atoms with van der Waals surface area (Å²) in [5, 5.41) is 3.70. The fourth-order valence-corrected chi connectivity index (χ4v) is 6.05. The molecule has 242 valence electrons. The highest BCUT2D eigenvalue weighted by molar-refractivity contribution is 7.92. The quantitative estimate of drug-likeness (QED) is 0.155. The van der Waals surface area contributed by atoms with Crippen LogP contribution in [-0.4, -0.2) is 50.5 Å². The van der Waals surface area contributed by atoms with Gasteiger partial charge in [-0.15, -0.1) is 0 Å². The molecule has 1 atom stereocenters. The van der Waals surface area contributed by atoms with E-state index in [1.165, 1.54) is 4.90 Å². The molecule has 0 aromatic heterocycles. The Morgan fingerprint density at radius 3 is 2.04 bits per heavy atom. The number of nitrogens with one attached hydrogen (secondary N) is 1. The Labute approximate surface area is 280 Å². The number of para-hydroxylation sites is 1. The number of nitrogens with zero attached hydrogens (tertiary/aromatic N) is 2. The number of sulfonamides is 1. The minimum Gasteiger partial charge on any atom is -0.457 e. The van der Waals surface area contributed by atoms with Gasteiger partial charge in [-0.05, 0) is 65.6 Å². The highest BCUT2D eigenvalue weighted by Gasteiger charge is 2.33. The van der Waals surface area contributed by atoms with Crippen LogP contribution in [0.2, 0.25) is 10.0 Å². The summed E-state index contributed by atoms with van der Waals surface area (Å²) in [7, 11) is -3.93. The summed E-state index contributed by atoms with van der Waals surface area (Å²) in [6.07, 6.45) is 1.23. The third-order valence-electron chi connectivity index (χ3n) is 7.09. The number of halogens is 2. The Kier molecular flexibility index (Phi) is 12.1. The largest absolute Gasteiger partial charge is 0.457 e. The van der Waals surface area contributed by atoms with Crippen molar-refractivity contribution in [2.45, 2.75) is 32.9 Å². The molecule has 8 nitrogen and oxygen atoms in total.